The molecule has 170 valence electrons. The molecule has 7 nitrogen and oxygen atoms in total. The SMILES string of the molecule is COC(=O)c1ccc(-c2ccc([C@@H]3[C@@H](c4ccccn4)NC(=S)N3Cc3ccncc3)o2)cc1. The molecule has 1 aromatic carbocycles. The molecule has 0 radical (unpaired) electrons. The molecule has 3 aromatic heterocycles. The van der Waals surface area contributed by atoms with Crippen LogP contribution in [0.4, 0.5) is 0 Å². The zero-order chi connectivity index (χ0) is 23.5. The Balaban J connectivity index is 1.49. The molecule has 2 atom stereocenters. The van der Waals surface area contributed by atoms with Gasteiger partial charge in [0.1, 0.15) is 17.6 Å². The fraction of sp³-hybridized carbons (Fsp3) is 0.154. The lowest BCUT2D eigenvalue weighted by molar-refractivity contribution is 0.0600. The standard InChI is InChI=1S/C26H22N4O3S/c1-32-25(31)19-7-5-18(6-8-19)21-9-10-22(33-21)24-23(20-4-2-3-13-28-20)29-26(34)30(24)16-17-11-14-27-15-12-17/h2-15,23-24H,16H2,1H3,(H,29,34)/t23-,24-/m1/s1. The van der Waals surface area contributed by atoms with E-state index in [0.717, 1.165) is 22.6 Å². The Morgan fingerprint density at radius 2 is 1.85 bits per heavy atom. The van der Waals surface area contributed by atoms with Gasteiger partial charge < -0.3 is 19.4 Å². The van der Waals surface area contributed by atoms with Crippen LogP contribution in [0.1, 0.15) is 39.5 Å². The van der Waals surface area contributed by atoms with Gasteiger partial charge in [-0.25, -0.2) is 4.79 Å². The molecule has 0 saturated carbocycles. The second-order valence-electron chi connectivity index (χ2n) is 7.88. The number of carbonyl (C=O) groups is 1. The number of furan rings is 1. The number of hydrogen-bond donors (Lipinski definition) is 1. The number of benzene rings is 1. The molecule has 0 aliphatic carbocycles. The lowest BCUT2D eigenvalue weighted by Gasteiger charge is -2.26. The Morgan fingerprint density at radius 3 is 2.56 bits per heavy atom. The van der Waals surface area contributed by atoms with E-state index >= 15 is 0 Å². The summed E-state index contributed by atoms with van der Waals surface area (Å²) in [6.07, 6.45) is 5.32. The lowest BCUT2D eigenvalue weighted by Crippen LogP contribution is -2.29. The van der Waals surface area contributed by atoms with Gasteiger partial charge in [-0.05, 0) is 66.3 Å². The first kappa shape index (κ1) is 21.8. The van der Waals surface area contributed by atoms with E-state index < -0.39 is 0 Å². The molecule has 34 heavy (non-hydrogen) atoms. The normalized spacial score (nSPS) is 17.4. The molecule has 5 rings (SSSR count). The summed E-state index contributed by atoms with van der Waals surface area (Å²) in [6.45, 7) is 0.603. The second kappa shape index (κ2) is 9.44. The predicted molar refractivity (Wildman–Crippen MR) is 131 cm³/mol. The summed E-state index contributed by atoms with van der Waals surface area (Å²) in [5.41, 5.74) is 3.33. The van der Waals surface area contributed by atoms with Crippen LogP contribution in [-0.4, -0.2) is 33.1 Å². The molecular formula is C26H22N4O3S. The molecule has 0 amide bonds. The molecular weight excluding hydrogens is 448 g/mol. The minimum absolute atomic E-state index is 0.170. The Hall–Kier alpha value is -4.04. The van der Waals surface area contributed by atoms with Crippen molar-refractivity contribution in [2.45, 2.75) is 18.6 Å². The van der Waals surface area contributed by atoms with Gasteiger partial charge in [-0.2, -0.15) is 0 Å². The maximum absolute atomic E-state index is 11.7. The van der Waals surface area contributed by atoms with E-state index in [2.05, 4.69) is 20.2 Å². The number of methoxy groups -OCH3 is 1. The van der Waals surface area contributed by atoms with Crippen molar-refractivity contribution in [3.05, 3.63) is 108 Å². The van der Waals surface area contributed by atoms with E-state index in [-0.39, 0.29) is 18.1 Å². The van der Waals surface area contributed by atoms with E-state index in [1.165, 1.54) is 7.11 Å². The van der Waals surface area contributed by atoms with Gasteiger partial charge in [0.15, 0.2) is 5.11 Å². The zero-order valence-corrected chi connectivity index (χ0v) is 19.2. The van der Waals surface area contributed by atoms with Crippen LogP contribution in [0.2, 0.25) is 0 Å². The smallest absolute Gasteiger partial charge is 0.337 e. The summed E-state index contributed by atoms with van der Waals surface area (Å²) in [7, 11) is 1.37. The highest BCUT2D eigenvalue weighted by Crippen LogP contribution is 2.41. The summed E-state index contributed by atoms with van der Waals surface area (Å²) >= 11 is 5.73. The van der Waals surface area contributed by atoms with Gasteiger partial charge >= 0.3 is 5.97 Å². The maximum atomic E-state index is 11.7. The Morgan fingerprint density at radius 1 is 1.06 bits per heavy atom. The van der Waals surface area contributed by atoms with Crippen LogP contribution in [0, 0.1) is 0 Å². The number of carbonyl (C=O) groups excluding carboxylic acids is 1. The van der Waals surface area contributed by atoms with E-state index in [4.69, 9.17) is 21.4 Å². The van der Waals surface area contributed by atoms with Crippen molar-refractivity contribution in [3.63, 3.8) is 0 Å². The van der Waals surface area contributed by atoms with Gasteiger partial charge in [-0.3, -0.25) is 9.97 Å². The topological polar surface area (TPSA) is 80.5 Å². The number of hydrogen-bond acceptors (Lipinski definition) is 6. The van der Waals surface area contributed by atoms with Crippen LogP contribution in [0.5, 0.6) is 0 Å². The molecule has 1 aliphatic rings. The lowest BCUT2D eigenvalue weighted by atomic mass is 10.0. The monoisotopic (exact) mass is 470 g/mol. The van der Waals surface area contributed by atoms with E-state index in [1.54, 1.807) is 30.7 Å². The van der Waals surface area contributed by atoms with Gasteiger partial charge in [0.2, 0.25) is 0 Å². The van der Waals surface area contributed by atoms with Crippen LogP contribution < -0.4 is 5.32 Å². The number of ether oxygens (including phenoxy) is 1. The molecule has 1 aliphatic heterocycles. The number of rotatable bonds is 6. The highest BCUT2D eigenvalue weighted by molar-refractivity contribution is 7.80. The van der Waals surface area contributed by atoms with Crippen molar-refractivity contribution in [1.29, 1.82) is 0 Å². The number of pyridine rings is 2. The molecule has 4 aromatic rings. The fourth-order valence-electron chi connectivity index (χ4n) is 4.13. The summed E-state index contributed by atoms with van der Waals surface area (Å²) < 4.78 is 11.1. The third-order valence-corrected chi connectivity index (χ3v) is 6.16. The third-order valence-electron chi connectivity index (χ3n) is 5.81. The maximum Gasteiger partial charge on any atom is 0.337 e. The average molecular weight is 471 g/mol. The van der Waals surface area contributed by atoms with Crippen molar-refractivity contribution in [3.8, 4) is 11.3 Å². The second-order valence-corrected chi connectivity index (χ2v) is 8.27. The van der Waals surface area contributed by atoms with Crippen molar-refractivity contribution >= 4 is 23.3 Å². The zero-order valence-electron chi connectivity index (χ0n) is 18.4. The predicted octanol–water partition coefficient (Wildman–Crippen LogP) is 4.70. The molecule has 8 heteroatoms. The highest BCUT2D eigenvalue weighted by atomic mass is 32.1. The molecule has 1 saturated heterocycles. The molecule has 4 heterocycles. The van der Waals surface area contributed by atoms with Crippen molar-refractivity contribution in [1.82, 2.24) is 20.2 Å². The first-order valence-electron chi connectivity index (χ1n) is 10.8. The largest absolute Gasteiger partial charge is 0.465 e. The minimum Gasteiger partial charge on any atom is -0.465 e. The first-order chi connectivity index (χ1) is 16.6. The Kier molecular flexibility index (Phi) is 6.05. The number of esters is 1. The van der Waals surface area contributed by atoms with E-state index in [1.807, 2.05) is 54.6 Å². The van der Waals surface area contributed by atoms with Gasteiger partial charge in [0, 0.05) is 30.7 Å². The number of aromatic nitrogens is 2. The quantitative estimate of drug-likeness (QED) is 0.321. The number of nitrogens with zero attached hydrogens (tertiary/aromatic N) is 3. The summed E-state index contributed by atoms with van der Waals surface area (Å²) in [6, 6.07) is 20.5. The van der Waals surface area contributed by atoms with Crippen LogP contribution in [0.25, 0.3) is 11.3 Å². The summed E-state index contributed by atoms with van der Waals surface area (Å²) in [5.74, 6) is 1.10. The van der Waals surface area contributed by atoms with Crippen LogP contribution in [-0.2, 0) is 11.3 Å². The number of thiocarbonyl (C=S) groups is 1. The molecule has 0 unspecified atom stereocenters. The van der Waals surface area contributed by atoms with Crippen molar-refractivity contribution in [2.75, 3.05) is 7.11 Å². The van der Waals surface area contributed by atoms with Gasteiger partial charge in [0.25, 0.3) is 0 Å². The summed E-state index contributed by atoms with van der Waals surface area (Å²) in [5, 5.41) is 4.07. The molecule has 1 N–H and O–H groups in total. The van der Waals surface area contributed by atoms with Crippen LogP contribution >= 0.6 is 12.2 Å². The number of nitrogens with one attached hydrogen (secondary N) is 1. The van der Waals surface area contributed by atoms with Crippen LogP contribution in [0.3, 0.4) is 0 Å². The Bertz CT molecular complexity index is 1290. The highest BCUT2D eigenvalue weighted by Gasteiger charge is 2.41. The van der Waals surface area contributed by atoms with Crippen molar-refractivity contribution in [2.24, 2.45) is 0 Å². The van der Waals surface area contributed by atoms with Crippen LogP contribution in [0.15, 0.2) is 89.7 Å². The molecule has 0 bridgehead atoms. The Labute approximate surface area is 202 Å². The molecule has 0 spiro atoms. The van der Waals surface area contributed by atoms with Crippen molar-refractivity contribution < 1.29 is 13.9 Å². The minimum atomic E-state index is -0.373. The van der Waals surface area contributed by atoms with Gasteiger partial charge in [0.05, 0.1) is 24.4 Å². The fourth-order valence-corrected chi connectivity index (χ4v) is 4.43. The average Bonchev–Trinajstić information content (AvgIpc) is 3.50. The van der Waals surface area contributed by atoms with Gasteiger partial charge in [-0.15, -0.1) is 0 Å². The van der Waals surface area contributed by atoms with E-state index in [9.17, 15) is 4.79 Å². The van der Waals surface area contributed by atoms with Gasteiger partial charge in [-0.1, -0.05) is 18.2 Å². The third kappa shape index (κ3) is 4.27. The van der Waals surface area contributed by atoms with E-state index in [0.29, 0.717) is 23.0 Å². The first-order valence-corrected chi connectivity index (χ1v) is 11.2. The summed E-state index contributed by atoms with van der Waals surface area (Å²) in [4.78, 5) is 22.5. The molecule has 1 fully saturated rings.